The molecule has 1 rings (SSSR count). The lowest BCUT2D eigenvalue weighted by molar-refractivity contribution is 0.645. The molecule has 0 fully saturated rings. The molecule has 0 atom stereocenters. The fourth-order valence-electron chi connectivity index (χ4n) is 1.15. The summed E-state index contributed by atoms with van der Waals surface area (Å²) in [6.07, 6.45) is 2.78. The molecule has 0 aliphatic heterocycles. The zero-order valence-electron chi connectivity index (χ0n) is 7.71. The Hall–Kier alpha value is -0.880. The highest BCUT2D eigenvalue weighted by Gasteiger charge is 2.03. The SMILES string of the molecule is CC(C)Cc1cnc(Br)c(C#N)c1. The molecule has 0 aliphatic rings. The van der Waals surface area contributed by atoms with Gasteiger partial charge in [0.2, 0.25) is 0 Å². The molecule has 3 heteroatoms. The second-order valence-electron chi connectivity index (χ2n) is 3.39. The molecule has 68 valence electrons. The minimum Gasteiger partial charge on any atom is -0.248 e. The Morgan fingerprint density at radius 1 is 1.62 bits per heavy atom. The van der Waals surface area contributed by atoms with Crippen LogP contribution >= 0.6 is 15.9 Å². The molecular weight excluding hydrogens is 228 g/mol. The largest absolute Gasteiger partial charge is 0.248 e. The number of aromatic nitrogens is 1. The van der Waals surface area contributed by atoms with E-state index in [0.717, 1.165) is 12.0 Å². The van der Waals surface area contributed by atoms with Gasteiger partial charge in [-0.2, -0.15) is 5.26 Å². The van der Waals surface area contributed by atoms with E-state index >= 15 is 0 Å². The number of hydrogen-bond donors (Lipinski definition) is 0. The fraction of sp³-hybridized carbons (Fsp3) is 0.400. The molecular formula is C10H11BrN2. The third-order valence-corrected chi connectivity index (χ3v) is 2.29. The van der Waals surface area contributed by atoms with Crippen molar-refractivity contribution in [2.75, 3.05) is 0 Å². The van der Waals surface area contributed by atoms with Crippen molar-refractivity contribution in [3.63, 3.8) is 0 Å². The van der Waals surface area contributed by atoms with E-state index in [2.05, 4.69) is 40.8 Å². The van der Waals surface area contributed by atoms with Crippen molar-refractivity contribution < 1.29 is 0 Å². The van der Waals surface area contributed by atoms with E-state index in [1.54, 1.807) is 0 Å². The molecule has 1 heterocycles. The molecule has 0 saturated heterocycles. The van der Waals surface area contributed by atoms with Crippen LogP contribution in [-0.4, -0.2) is 4.98 Å². The van der Waals surface area contributed by atoms with E-state index in [1.807, 2.05) is 12.3 Å². The molecule has 1 aromatic rings. The number of hydrogen-bond acceptors (Lipinski definition) is 2. The van der Waals surface area contributed by atoms with Crippen LogP contribution < -0.4 is 0 Å². The zero-order chi connectivity index (χ0) is 9.84. The van der Waals surface area contributed by atoms with Crippen molar-refractivity contribution in [1.82, 2.24) is 4.98 Å². The Bertz CT molecular complexity index is 339. The predicted octanol–water partition coefficient (Wildman–Crippen LogP) is 2.91. The van der Waals surface area contributed by atoms with Crippen LogP contribution in [0.15, 0.2) is 16.9 Å². The minimum absolute atomic E-state index is 0.592. The van der Waals surface area contributed by atoms with Gasteiger partial charge in [-0.1, -0.05) is 13.8 Å². The van der Waals surface area contributed by atoms with E-state index in [4.69, 9.17) is 5.26 Å². The first-order valence-corrected chi connectivity index (χ1v) is 4.97. The quantitative estimate of drug-likeness (QED) is 0.744. The molecule has 13 heavy (non-hydrogen) atoms. The smallest absolute Gasteiger partial charge is 0.123 e. The first kappa shape index (κ1) is 10.2. The standard InChI is InChI=1S/C10H11BrN2/c1-7(2)3-8-4-9(5-12)10(11)13-6-8/h4,6-7H,3H2,1-2H3. The van der Waals surface area contributed by atoms with Gasteiger partial charge in [0.25, 0.3) is 0 Å². The van der Waals surface area contributed by atoms with Crippen LogP contribution in [-0.2, 0) is 6.42 Å². The van der Waals surface area contributed by atoms with Crippen LogP contribution in [0.25, 0.3) is 0 Å². The average Bonchev–Trinajstić information content (AvgIpc) is 2.07. The second-order valence-corrected chi connectivity index (χ2v) is 4.14. The Morgan fingerprint density at radius 2 is 2.31 bits per heavy atom. The number of rotatable bonds is 2. The molecule has 0 amide bonds. The van der Waals surface area contributed by atoms with Crippen LogP contribution in [0.4, 0.5) is 0 Å². The normalized spacial score (nSPS) is 10.1. The van der Waals surface area contributed by atoms with Crippen LogP contribution in [0.2, 0.25) is 0 Å². The van der Waals surface area contributed by atoms with E-state index in [1.165, 1.54) is 0 Å². The number of halogens is 1. The van der Waals surface area contributed by atoms with E-state index in [-0.39, 0.29) is 0 Å². The van der Waals surface area contributed by atoms with Crippen LogP contribution in [0.5, 0.6) is 0 Å². The van der Waals surface area contributed by atoms with Crippen molar-refractivity contribution in [2.24, 2.45) is 5.92 Å². The average molecular weight is 239 g/mol. The Balaban J connectivity index is 2.95. The summed E-state index contributed by atoms with van der Waals surface area (Å²) < 4.78 is 0.627. The lowest BCUT2D eigenvalue weighted by Gasteiger charge is -2.04. The lowest BCUT2D eigenvalue weighted by Crippen LogP contribution is -1.96. The molecule has 1 aromatic heterocycles. The topological polar surface area (TPSA) is 36.7 Å². The molecule has 0 bridgehead atoms. The highest BCUT2D eigenvalue weighted by Crippen LogP contribution is 2.15. The maximum atomic E-state index is 8.76. The number of pyridine rings is 1. The first-order chi connectivity index (χ1) is 6.13. The fourth-order valence-corrected chi connectivity index (χ4v) is 1.46. The molecule has 0 spiro atoms. The van der Waals surface area contributed by atoms with Gasteiger partial charge in [-0.25, -0.2) is 4.98 Å². The van der Waals surface area contributed by atoms with Crippen molar-refractivity contribution >= 4 is 15.9 Å². The highest BCUT2D eigenvalue weighted by atomic mass is 79.9. The number of nitrogens with zero attached hydrogens (tertiary/aromatic N) is 2. The first-order valence-electron chi connectivity index (χ1n) is 4.18. The third-order valence-electron chi connectivity index (χ3n) is 1.66. The maximum absolute atomic E-state index is 8.76. The van der Waals surface area contributed by atoms with E-state index < -0.39 is 0 Å². The third kappa shape index (κ3) is 2.82. The van der Waals surface area contributed by atoms with Gasteiger partial charge in [0, 0.05) is 6.20 Å². The summed E-state index contributed by atoms with van der Waals surface area (Å²) in [6.45, 7) is 4.29. The molecule has 0 N–H and O–H groups in total. The van der Waals surface area contributed by atoms with Crippen molar-refractivity contribution in [2.45, 2.75) is 20.3 Å². The molecule has 0 saturated carbocycles. The van der Waals surface area contributed by atoms with Crippen molar-refractivity contribution in [1.29, 1.82) is 5.26 Å². The van der Waals surface area contributed by atoms with Gasteiger partial charge in [-0.05, 0) is 39.9 Å². The monoisotopic (exact) mass is 238 g/mol. The summed E-state index contributed by atoms with van der Waals surface area (Å²) in [5.74, 6) is 0.592. The lowest BCUT2D eigenvalue weighted by atomic mass is 10.0. The van der Waals surface area contributed by atoms with E-state index in [0.29, 0.717) is 16.1 Å². The molecule has 0 unspecified atom stereocenters. The van der Waals surface area contributed by atoms with Gasteiger partial charge in [0.05, 0.1) is 5.56 Å². The summed E-state index contributed by atoms with van der Waals surface area (Å²) >= 11 is 3.22. The van der Waals surface area contributed by atoms with Gasteiger partial charge in [-0.3, -0.25) is 0 Å². The Morgan fingerprint density at radius 3 is 2.85 bits per heavy atom. The highest BCUT2D eigenvalue weighted by molar-refractivity contribution is 9.10. The zero-order valence-corrected chi connectivity index (χ0v) is 9.30. The summed E-state index contributed by atoms with van der Waals surface area (Å²) in [7, 11) is 0. The van der Waals surface area contributed by atoms with Crippen LogP contribution in [0.3, 0.4) is 0 Å². The van der Waals surface area contributed by atoms with E-state index in [9.17, 15) is 0 Å². The van der Waals surface area contributed by atoms with Gasteiger partial charge < -0.3 is 0 Å². The van der Waals surface area contributed by atoms with Crippen molar-refractivity contribution in [3.05, 3.63) is 28.0 Å². The van der Waals surface area contributed by atoms with Crippen LogP contribution in [0, 0.1) is 17.2 Å². The summed E-state index contributed by atoms with van der Waals surface area (Å²) in [4.78, 5) is 4.10. The summed E-state index contributed by atoms with van der Waals surface area (Å²) in [5.41, 5.74) is 1.73. The summed E-state index contributed by atoms with van der Waals surface area (Å²) in [5, 5.41) is 8.76. The van der Waals surface area contributed by atoms with Gasteiger partial charge in [0.15, 0.2) is 0 Å². The molecule has 0 aromatic carbocycles. The summed E-state index contributed by atoms with van der Waals surface area (Å²) in [6, 6.07) is 3.99. The Kier molecular flexibility index (Phi) is 3.44. The number of nitriles is 1. The van der Waals surface area contributed by atoms with Gasteiger partial charge in [0.1, 0.15) is 10.7 Å². The molecule has 0 radical (unpaired) electrons. The second kappa shape index (κ2) is 4.38. The maximum Gasteiger partial charge on any atom is 0.123 e. The molecule has 2 nitrogen and oxygen atoms in total. The molecule has 0 aliphatic carbocycles. The minimum atomic E-state index is 0.592. The van der Waals surface area contributed by atoms with Crippen molar-refractivity contribution in [3.8, 4) is 6.07 Å². The Labute approximate surface area is 86.7 Å². The van der Waals surface area contributed by atoms with Crippen LogP contribution in [0.1, 0.15) is 25.0 Å². The predicted molar refractivity (Wildman–Crippen MR) is 55.2 cm³/mol. The van der Waals surface area contributed by atoms with Gasteiger partial charge in [-0.15, -0.1) is 0 Å². The van der Waals surface area contributed by atoms with Gasteiger partial charge >= 0.3 is 0 Å².